The Labute approximate surface area is 93.2 Å². The summed E-state index contributed by atoms with van der Waals surface area (Å²) in [4.78, 5) is 0. The fraction of sp³-hybridized carbons (Fsp3) is 0.429. The highest BCUT2D eigenvalue weighted by Gasteiger charge is 2.16. The van der Waals surface area contributed by atoms with E-state index in [-0.39, 0.29) is 5.41 Å². The van der Waals surface area contributed by atoms with Gasteiger partial charge in [-0.2, -0.15) is 0 Å². The fourth-order valence-electron chi connectivity index (χ4n) is 1.58. The monoisotopic (exact) mass is 203 g/mol. The van der Waals surface area contributed by atoms with E-state index in [4.69, 9.17) is 0 Å². The van der Waals surface area contributed by atoms with E-state index in [2.05, 4.69) is 62.5 Å². The van der Waals surface area contributed by atoms with Crippen molar-refractivity contribution in [3.8, 4) is 0 Å². The molecule has 0 aliphatic carbocycles. The SMILES string of the molecule is CC=CCNc1ccccc1C(C)(C)C. The maximum Gasteiger partial charge on any atom is 0.0380 e. The lowest BCUT2D eigenvalue weighted by atomic mass is 9.86. The van der Waals surface area contributed by atoms with Crippen LogP contribution in [0.5, 0.6) is 0 Å². The van der Waals surface area contributed by atoms with Gasteiger partial charge in [0, 0.05) is 12.2 Å². The van der Waals surface area contributed by atoms with Gasteiger partial charge in [0.2, 0.25) is 0 Å². The Hall–Kier alpha value is -1.24. The molecule has 0 aliphatic rings. The number of nitrogens with one attached hydrogen (secondary N) is 1. The zero-order chi connectivity index (χ0) is 11.3. The summed E-state index contributed by atoms with van der Waals surface area (Å²) in [6.45, 7) is 9.65. The van der Waals surface area contributed by atoms with E-state index in [9.17, 15) is 0 Å². The molecule has 1 aromatic rings. The molecule has 82 valence electrons. The lowest BCUT2D eigenvalue weighted by molar-refractivity contribution is 0.592. The minimum atomic E-state index is 0.194. The van der Waals surface area contributed by atoms with Crippen LogP contribution in [0.4, 0.5) is 5.69 Å². The molecule has 15 heavy (non-hydrogen) atoms. The summed E-state index contributed by atoms with van der Waals surface area (Å²) in [5, 5.41) is 3.43. The van der Waals surface area contributed by atoms with Gasteiger partial charge in [-0.1, -0.05) is 51.1 Å². The van der Waals surface area contributed by atoms with Gasteiger partial charge in [-0.15, -0.1) is 0 Å². The lowest BCUT2D eigenvalue weighted by Crippen LogP contribution is -2.14. The fourth-order valence-corrected chi connectivity index (χ4v) is 1.58. The van der Waals surface area contributed by atoms with Crippen LogP contribution in [-0.4, -0.2) is 6.54 Å². The molecule has 0 heterocycles. The summed E-state index contributed by atoms with van der Waals surface area (Å²) in [5.74, 6) is 0. The summed E-state index contributed by atoms with van der Waals surface area (Å²) in [6, 6.07) is 8.51. The van der Waals surface area contributed by atoms with E-state index in [0.29, 0.717) is 0 Å². The largest absolute Gasteiger partial charge is 0.381 e. The van der Waals surface area contributed by atoms with E-state index < -0.39 is 0 Å². The van der Waals surface area contributed by atoms with Gasteiger partial charge in [0.1, 0.15) is 0 Å². The maximum atomic E-state index is 3.43. The van der Waals surface area contributed by atoms with Crippen molar-refractivity contribution in [2.24, 2.45) is 0 Å². The van der Waals surface area contributed by atoms with Crippen LogP contribution < -0.4 is 5.32 Å². The molecule has 1 heteroatoms. The Kier molecular flexibility index (Phi) is 3.96. The van der Waals surface area contributed by atoms with E-state index in [1.165, 1.54) is 11.3 Å². The van der Waals surface area contributed by atoms with Gasteiger partial charge in [0.25, 0.3) is 0 Å². The van der Waals surface area contributed by atoms with Crippen LogP contribution in [0.25, 0.3) is 0 Å². The predicted octanol–water partition coefficient (Wildman–Crippen LogP) is 3.97. The Bertz CT molecular complexity index is 331. The Morgan fingerprint density at radius 2 is 1.87 bits per heavy atom. The molecular weight excluding hydrogens is 182 g/mol. The van der Waals surface area contributed by atoms with Gasteiger partial charge in [-0.05, 0) is 24.0 Å². The number of hydrogen-bond donors (Lipinski definition) is 1. The molecule has 0 unspecified atom stereocenters. The van der Waals surface area contributed by atoms with E-state index in [1.807, 2.05) is 6.92 Å². The molecule has 0 saturated carbocycles. The van der Waals surface area contributed by atoms with Crippen molar-refractivity contribution < 1.29 is 0 Å². The number of hydrogen-bond acceptors (Lipinski definition) is 1. The molecule has 0 aromatic heterocycles. The number of anilines is 1. The molecule has 0 radical (unpaired) electrons. The van der Waals surface area contributed by atoms with Crippen molar-refractivity contribution in [2.75, 3.05) is 11.9 Å². The van der Waals surface area contributed by atoms with E-state index >= 15 is 0 Å². The minimum Gasteiger partial charge on any atom is -0.381 e. The van der Waals surface area contributed by atoms with Gasteiger partial charge >= 0.3 is 0 Å². The van der Waals surface area contributed by atoms with Crippen molar-refractivity contribution in [3.05, 3.63) is 42.0 Å². The van der Waals surface area contributed by atoms with Crippen molar-refractivity contribution in [1.82, 2.24) is 0 Å². The molecule has 1 aromatic carbocycles. The molecule has 1 N–H and O–H groups in total. The topological polar surface area (TPSA) is 12.0 Å². The highest BCUT2D eigenvalue weighted by Crippen LogP contribution is 2.28. The van der Waals surface area contributed by atoms with Gasteiger partial charge in [0.05, 0.1) is 0 Å². The molecule has 0 saturated heterocycles. The summed E-state index contributed by atoms with van der Waals surface area (Å²) in [6.07, 6.45) is 4.19. The van der Waals surface area contributed by atoms with E-state index in [0.717, 1.165) is 6.54 Å². The second-order valence-corrected chi connectivity index (χ2v) is 4.75. The average molecular weight is 203 g/mol. The first-order valence-corrected chi connectivity index (χ1v) is 5.50. The third kappa shape index (κ3) is 3.43. The van der Waals surface area contributed by atoms with Gasteiger partial charge < -0.3 is 5.32 Å². The highest BCUT2D eigenvalue weighted by atomic mass is 14.9. The molecule has 0 aliphatic heterocycles. The van der Waals surface area contributed by atoms with Crippen LogP contribution >= 0.6 is 0 Å². The summed E-state index contributed by atoms with van der Waals surface area (Å²) >= 11 is 0. The third-order valence-electron chi connectivity index (χ3n) is 2.38. The normalized spacial score (nSPS) is 12.0. The summed E-state index contributed by atoms with van der Waals surface area (Å²) < 4.78 is 0. The molecule has 0 bridgehead atoms. The quantitative estimate of drug-likeness (QED) is 0.733. The zero-order valence-electron chi connectivity index (χ0n) is 10.2. The number of benzene rings is 1. The van der Waals surface area contributed by atoms with Crippen molar-refractivity contribution in [2.45, 2.75) is 33.1 Å². The lowest BCUT2D eigenvalue weighted by Gasteiger charge is -2.23. The van der Waals surface area contributed by atoms with Crippen LogP contribution in [0.1, 0.15) is 33.3 Å². The second kappa shape index (κ2) is 5.01. The first-order valence-electron chi connectivity index (χ1n) is 5.50. The van der Waals surface area contributed by atoms with Crippen LogP contribution in [0.3, 0.4) is 0 Å². The Morgan fingerprint density at radius 1 is 1.20 bits per heavy atom. The third-order valence-corrected chi connectivity index (χ3v) is 2.38. The first kappa shape index (κ1) is 11.8. The predicted molar refractivity (Wildman–Crippen MR) is 68.4 cm³/mol. The van der Waals surface area contributed by atoms with Crippen LogP contribution in [0, 0.1) is 0 Å². The molecule has 1 nitrogen and oxygen atoms in total. The van der Waals surface area contributed by atoms with Crippen molar-refractivity contribution >= 4 is 5.69 Å². The molecule has 0 amide bonds. The number of allylic oxidation sites excluding steroid dienone is 1. The maximum absolute atomic E-state index is 3.43. The molecule has 0 spiro atoms. The van der Waals surface area contributed by atoms with Crippen LogP contribution in [0.15, 0.2) is 36.4 Å². The minimum absolute atomic E-state index is 0.194. The van der Waals surface area contributed by atoms with Crippen molar-refractivity contribution in [3.63, 3.8) is 0 Å². The summed E-state index contributed by atoms with van der Waals surface area (Å²) in [5.41, 5.74) is 2.80. The zero-order valence-corrected chi connectivity index (χ0v) is 10.2. The van der Waals surface area contributed by atoms with Gasteiger partial charge in [-0.3, -0.25) is 0 Å². The average Bonchev–Trinajstić information content (AvgIpc) is 2.17. The Balaban J connectivity index is 2.87. The molecule has 0 atom stereocenters. The number of para-hydroxylation sites is 1. The molecule has 0 fully saturated rings. The number of rotatable bonds is 3. The summed E-state index contributed by atoms with van der Waals surface area (Å²) in [7, 11) is 0. The standard InChI is InChI=1S/C14H21N/c1-5-6-11-15-13-10-8-7-9-12(13)14(2,3)4/h5-10,15H,11H2,1-4H3. The second-order valence-electron chi connectivity index (χ2n) is 4.75. The van der Waals surface area contributed by atoms with Gasteiger partial charge in [-0.25, -0.2) is 0 Å². The van der Waals surface area contributed by atoms with E-state index in [1.54, 1.807) is 0 Å². The first-order chi connectivity index (χ1) is 7.05. The smallest absolute Gasteiger partial charge is 0.0380 e. The van der Waals surface area contributed by atoms with Crippen molar-refractivity contribution in [1.29, 1.82) is 0 Å². The van der Waals surface area contributed by atoms with Crippen LogP contribution in [0.2, 0.25) is 0 Å². The van der Waals surface area contributed by atoms with Crippen LogP contribution in [-0.2, 0) is 5.41 Å². The highest BCUT2D eigenvalue weighted by molar-refractivity contribution is 5.54. The van der Waals surface area contributed by atoms with Gasteiger partial charge in [0.15, 0.2) is 0 Å². The molecular formula is C14H21N. The Morgan fingerprint density at radius 3 is 2.47 bits per heavy atom. The molecule has 1 rings (SSSR count).